The topological polar surface area (TPSA) is 66.4 Å². The van der Waals surface area contributed by atoms with Gasteiger partial charge in [0.05, 0.1) is 5.92 Å². The third-order valence-corrected chi connectivity index (χ3v) is 2.22. The molecule has 1 amide bonds. The first kappa shape index (κ1) is 9.03. The number of amides is 1. The Kier molecular flexibility index (Phi) is 2.68. The van der Waals surface area contributed by atoms with Crippen molar-refractivity contribution in [1.29, 1.82) is 0 Å². The molecule has 0 aromatic carbocycles. The maximum Gasteiger partial charge on any atom is 0.308 e. The number of hydrogen-bond donors (Lipinski definition) is 2. The van der Waals surface area contributed by atoms with E-state index in [0.717, 1.165) is 12.8 Å². The van der Waals surface area contributed by atoms with E-state index in [1.165, 1.54) is 6.92 Å². The van der Waals surface area contributed by atoms with Gasteiger partial charge in [0.2, 0.25) is 5.91 Å². The van der Waals surface area contributed by atoms with Crippen LogP contribution in [0.15, 0.2) is 0 Å². The van der Waals surface area contributed by atoms with Crippen LogP contribution in [-0.4, -0.2) is 23.0 Å². The molecule has 68 valence electrons. The molecule has 0 radical (unpaired) electrons. The van der Waals surface area contributed by atoms with Crippen molar-refractivity contribution >= 4 is 11.9 Å². The molecule has 1 aliphatic carbocycles. The first-order valence-electron chi connectivity index (χ1n) is 4.11. The number of carboxylic acids is 1. The van der Waals surface area contributed by atoms with Gasteiger partial charge in [-0.2, -0.15) is 0 Å². The molecule has 1 aliphatic rings. The first-order chi connectivity index (χ1) is 5.61. The average molecular weight is 171 g/mol. The maximum atomic E-state index is 10.7. The summed E-state index contributed by atoms with van der Waals surface area (Å²) in [6.45, 7) is 1.41. The lowest BCUT2D eigenvalue weighted by molar-refractivity contribution is -0.142. The predicted molar refractivity (Wildman–Crippen MR) is 42.6 cm³/mol. The van der Waals surface area contributed by atoms with Crippen LogP contribution in [0.25, 0.3) is 0 Å². The smallest absolute Gasteiger partial charge is 0.308 e. The Morgan fingerprint density at radius 3 is 2.58 bits per heavy atom. The largest absolute Gasteiger partial charge is 0.481 e. The molecular formula is C8H13NO3. The third kappa shape index (κ3) is 1.96. The molecule has 4 heteroatoms. The molecule has 0 unspecified atom stereocenters. The Labute approximate surface area is 71.0 Å². The highest BCUT2D eigenvalue weighted by Gasteiger charge is 2.33. The molecule has 1 saturated carbocycles. The number of rotatable bonds is 2. The fourth-order valence-corrected chi connectivity index (χ4v) is 1.69. The van der Waals surface area contributed by atoms with Crippen molar-refractivity contribution in [1.82, 2.24) is 5.32 Å². The summed E-state index contributed by atoms with van der Waals surface area (Å²) in [5, 5.41) is 11.4. The minimum atomic E-state index is -0.800. The molecule has 2 atom stereocenters. The van der Waals surface area contributed by atoms with Crippen LogP contribution in [-0.2, 0) is 9.59 Å². The van der Waals surface area contributed by atoms with E-state index >= 15 is 0 Å². The molecule has 0 saturated heterocycles. The summed E-state index contributed by atoms with van der Waals surface area (Å²) >= 11 is 0. The number of hydrogen-bond acceptors (Lipinski definition) is 2. The highest BCUT2D eigenvalue weighted by molar-refractivity contribution is 5.76. The molecule has 12 heavy (non-hydrogen) atoms. The zero-order chi connectivity index (χ0) is 9.14. The van der Waals surface area contributed by atoms with Crippen LogP contribution >= 0.6 is 0 Å². The van der Waals surface area contributed by atoms with Crippen molar-refractivity contribution in [2.75, 3.05) is 0 Å². The van der Waals surface area contributed by atoms with Gasteiger partial charge in [-0.1, -0.05) is 6.42 Å². The van der Waals surface area contributed by atoms with E-state index in [4.69, 9.17) is 5.11 Å². The second-order valence-corrected chi connectivity index (χ2v) is 3.18. The molecule has 4 nitrogen and oxygen atoms in total. The van der Waals surface area contributed by atoms with E-state index in [1.54, 1.807) is 0 Å². The van der Waals surface area contributed by atoms with Gasteiger partial charge < -0.3 is 10.4 Å². The van der Waals surface area contributed by atoms with E-state index in [-0.39, 0.29) is 17.9 Å². The van der Waals surface area contributed by atoms with Gasteiger partial charge in [0.25, 0.3) is 0 Å². The lowest BCUT2D eigenvalue weighted by Crippen LogP contribution is -2.38. The van der Waals surface area contributed by atoms with Crippen LogP contribution < -0.4 is 5.32 Å². The lowest BCUT2D eigenvalue weighted by Gasteiger charge is -2.15. The molecule has 2 N–H and O–H groups in total. The Balaban J connectivity index is 2.52. The maximum absolute atomic E-state index is 10.7. The summed E-state index contributed by atoms with van der Waals surface area (Å²) in [6, 6.07) is -0.153. The molecule has 0 aromatic rings. The van der Waals surface area contributed by atoms with Crippen molar-refractivity contribution < 1.29 is 14.7 Å². The molecule has 0 heterocycles. The number of carboxylic acid groups (broad SMARTS) is 1. The zero-order valence-corrected chi connectivity index (χ0v) is 7.04. The lowest BCUT2D eigenvalue weighted by atomic mass is 10.0. The normalized spacial score (nSPS) is 28.4. The van der Waals surface area contributed by atoms with Crippen molar-refractivity contribution in [3.8, 4) is 0 Å². The fraction of sp³-hybridized carbons (Fsp3) is 0.750. The SMILES string of the molecule is CC(=O)N[C@H]1CCC[C@@H]1C(=O)O. The quantitative estimate of drug-likeness (QED) is 0.631. The molecule has 0 bridgehead atoms. The second kappa shape index (κ2) is 3.56. The molecule has 0 aliphatic heterocycles. The van der Waals surface area contributed by atoms with Gasteiger partial charge in [-0.3, -0.25) is 9.59 Å². The number of carbonyl (C=O) groups is 2. The summed E-state index contributed by atoms with van der Waals surface area (Å²) < 4.78 is 0. The summed E-state index contributed by atoms with van der Waals surface area (Å²) in [5.74, 6) is -1.33. The van der Waals surface area contributed by atoms with Crippen LogP contribution in [0.4, 0.5) is 0 Å². The average Bonchev–Trinajstić information content (AvgIpc) is 2.33. The van der Waals surface area contributed by atoms with Crippen LogP contribution in [0.5, 0.6) is 0 Å². The summed E-state index contributed by atoms with van der Waals surface area (Å²) in [7, 11) is 0. The van der Waals surface area contributed by atoms with Crippen LogP contribution in [0, 0.1) is 5.92 Å². The Bertz CT molecular complexity index is 202. The standard InChI is InChI=1S/C8H13NO3/c1-5(10)9-7-4-2-3-6(7)8(11)12/h6-7H,2-4H2,1H3,(H,9,10)(H,11,12)/t6-,7-/m0/s1. The molecule has 0 aromatic heterocycles. The summed E-state index contributed by atoms with van der Waals surface area (Å²) in [5.41, 5.74) is 0. The van der Waals surface area contributed by atoms with Gasteiger partial charge in [0, 0.05) is 13.0 Å². The summed E-state index contributed by atoms with van der Waals surface area (Å²) in [4.78, 5) is 21.3. The Morgan fingerprint density at radius 2 is 2.08 bits per heavy atom. The number of aliphatic carboxylic acids is 1. The van der Waals surface area contributed by atoms with Gasteiger partial charge in [0.1, 0.15) is 0 Å². The second-order valence-electron chi connectivity index (χ2n) is 3.18. The molecule has 0 spiro atoms. The van der Waals surface area contributed by atoms with E-state index in [0.29, 0.717) is 6.42 Å². The van der Waals surface area contributed by atoms with E-state index in [2.05, 4.69) is 5.32 Å². The van der Waals surface area contributed by atoms with Gasteiger partial charge in [-0.05, 0) is 12.8 Å². The van der Waals surface area contributed by atoms with Crippen molar-refractivity contribution in [3.05, 3.63) is 0 Å². The fourth-order valence-electron chi connectivity index (χ4n) is 1.69. The van der Waals surface area contributed by atoms with Crippen LogP contribution in [0.3, 0.4) is 0 Å². The number of carbonyl (C=O) groups excluding carboxylic acids is 1. The van der Waals surface area contributed by atoms with Gasteiger partial charge >= 0.3 is 5.97 Å². The highest BCUT2D eigenvalue weighted by Crippen LogP contribution is 2.25. The van der Waals surface area contributed by atoms with Crippen molar-refractivity contribution in [2.45, 2.75) is 32.2 Å². The summed E-state index contributed by atoms with van der Waals surface area (Å²) in [6.07, 6.45) is 2.36. The van der Waals surface area contributed by atoms with Gasteiger partial charge in [-0.15, -0.1) is 0 Å². The predicted octanol–water partition coefficient (Wildman–Crippen LogP) is 0.376. The van der Waals surface area contributed by atoms with E-state index < -0.39 is 5.97 Å². The van der Waals surface area contributed by atoms with Crippen LogP contribution in [0.2, 0.25) is 0 Å². The Hall–Kier alpha value is -1.06. The number of nitrogens with one attached hydrogen (secondary N) is 1. The van der Waals surface area contributed by atoms with E-state index in [9.17, 15) is 9.59 Å². The van der Waals surface area contributed by atoms with Crippen LogP contribution in [0.1, 0.15) is 26.2 Å². The van der Waals surface area contributed by atoms with Crippen molar-refractivity contribution in [2.24, 2.45) is 5.92 Å². The van der Waals surface area contributed by atoms with Gasteiger partial charge in [0.15, 0.2) is 0 Å². The van der Waals surface area contributed by atoms with Gasteiger partial charge in [-0.25, -0.2) is 0 Å². The zero-order valence-electron chi connectivity index (χ0n) is 7.04. The molecule has 1 fully saturated rings. The molecule has 1 rings (SSSR count). The molecular weight excluding hydrogens is 158 g/mol. The third-order valence-electron chi connectivity index (χ3n) is 2.22. The Morgan fingerprint density at radius 1 is 1.42 bits per heavy atom. The van der Waals surface area contributed by atoms with Crippen molar-refractivity contribution in [3.63, 3.8) is 0 Å². The monoisotopic (exact) mass is 171 g/mol. The highest BCUT2D eigenvalue weighted by atomic mass is 16.4. The first-order valence-corrected chi connectivity index (χ1v) is 4.11. The minimum Gasteiger partial charge on any atom is -0.481 e. The minimum absolute atomic E-state index is 0.145. The van der Waals surface area contributed by atoms with E-state index in [1.807, 2.05) is 0 Å².